The molecule has 0 heterocycles. The number of hydrogen-bond donors (Lipinski definition) is 3. The monoisotopic (exact) mass is 1130 g/mol. The maximum Gasteiger partial charge on any atom is 0.305 e. The lowest BCUT2D eigenvalue weighted by molar-refractivity contribution is -0.143. The molecule has 6 nitrogen and oxygen atoms in total. The lowest BCUT2D eigenvalue weighted by Crippen LogP contribution is -2.45. The van der Waals surface area contributed by atoms with E-state index in [4.69, 9.17) is 4.74 Å². The number of aliphatic hydroxyl groups is 2. The van der Waals surface area contributed by atoms with Crippen LogP contribution in [0.1, 0.15) is 380 Å². The summed E-state index contributed by atoms with van der Waals surface area (Å²) in [5.41, 5.74) is 0. The van der Waals surface area contributed by atoms with Crippen LogP contribution in [0.25, 0.3) is 0 Å². The number of esters is 1. The Labute approximate surface area is 505 Å². The van der Waals surface area contributed by atoms with E-state index in [0.29, 0.717) is 19.4 Å². The second-order valence-electron chi connectivity index (χ2n) is 24.6. The van der Waals surface area contributed by atoms with Crippen molar-refractivity contribution in [3.63, 3.8) is 0 Å². The molecule has 0 spiro atoms. The van der Waals surface area contributed by atoms with Crippen molar-refractivity contribution in [3.05, 3.63) is 60.8 Å². The van der Waals surface area contributed by atoms with E-state index in [-0.39, 0.29) is 18.5 Å². The first-order valence-electron chi connectivity index (χ1n) is 36.1. The van der Waals surface area contributed by atoms with Crippen molar-refractivity contribution in [3.8, 4) is 0 Å². The number of nitrogens with one attached hydrogen (secondary N) is 1. The number of aliphatic hydroxyl groups excluding tert-OH is 2. The summed E-state index contributed by atoms with van der Waals surface area (Å²) in [7, 11) is 0. The highest BCUT2D eigenvalue weighted by molar-refractivity contribution is 5.76. The van der Waals surface area contributed by atoms with Gasteiger partial charge in [0, 0.05) is 12.8 Å². The van der Waals surface area contributed by atoms with Gasteiger partial charge < -0.3 is 20.3 Å². The minimum atomic E-state index is -0.841. The largest absolute Gasteiger partial charge is 0.466 e. The van der Waals surface area contributed by atoms with E-state index < -0.39 is 12.1 Å². The summed E-state index contributed by atoms with van der Waals surface area (Å²) in [5, 5.41) is 23.0. The minimum Gasteiger partial charge on any atom is -0.466 e. The Morgan fingerprint density at radius 3 is 0.951 bits per heavy atom. The molecule has 81 heavy (non-hydrogen) atoms. The van der Waals surface area contributed by atoms with Crippen molar-refractivity contribution < 1.29 is 24.5 Å². The van der Waals surface area contributed by atoms with Crippen molar-refractivity contribution in [1.82, 2.24) is 5.32 Å². The van der Waals surface area contributed by atoms with Crippen LogP contribution in [0.2, 0.25) is 0 Å². The molecule has 0 aliphatic carbocycles. The third-order valence-electron chi connectivity index (χ3n) is 16.5. The second kappa shape index (κ2) is 70.0. The number of carbonyl (C=O) groups excluding carboxylic acids is 2. The molecule has 0 aliphatic rings. The van der Waals surface area contributed by atoms with E-state index in [1.165, 1.54) is 295 Å². The number of carbonyl (C=O) groups is 2. The average Bonchev–Trinajstić information content (AvgIpc) is 3.47. The lowest BCUT2D eigenvalue weighted by Gasteiger charge is -2.20. The zero-order valence-corrected chi connectivity index (χ0v) is 54.3. The maximum absolute atomic E-state index is 12.4. The maximum atomic E-state index is 12.4. The van der Waals surface area contributed by atoms with Gasteiger partial charge in [0.25, 0.3) is 0 Å². The number of amides is 1. The second-order valence-corrected chi connectivity index (χ2v) is 24.6. The molecule has 0 radical (unpaired) electrons. The predicted octanol–water partition coefficient (Wildman–Crippen LogP) is 23.4. The quantitative estimate of drug-likeness (QED) is 0.0320. The SMILES string of the molecule is CCCCCC/C=C\C/C=C\CCCCCCCCCC(=O)OCCCCCCCCCCCCCCC/C=C\C/C=C\CCCCCCCCCCCCCCCCCCCC(=O)NC(CO)C(O)/C=C/CCCCCCCCC. The van der Waals surface area contributed by atoms with Crippen LogP contribution in [-0.4, -0.2) is 47.4 Å². The fourth-order valence-electron chi connectivity index (χ4n) is 11.0. The van der Waals surface area contributed by atoms with Gasteiger partial charge in [0.1, 0.15) is 0 Å². The summed E-state index contributed by atoms with van der Waals surface area (Å²) in [6.07, 6.45) is 93.3. The Bertz CT molecular complexity index is 1400. The third-order valence-corrected chi connectivity index (χ3v) is 16.5. The van der Waals surface area contributed by atoms with Crippen LogP contribution >= 0.6 is 0 Å². The van der Waals surface area contributed by atoms with Gasteiger partial charge in [-0.05, 0) is 96.3 Å². The smallest absolute Gasteiger partial charge is 0.305 e. The van der Waals surface area contributed by atoms with Crippen molar-refractivity contribution >= 4 is 11.9 Å². The van der Waals surface area contributed by atoms with Gasteiger partial charge in [0.2, 0.25) is 5.91 Å². The van der Waals surface area contributed by atoms with Gasteiger partial charge in [-0.3, -0.25) is 9.59 Å². The Kier molecular flexibility index (Phi) is 67.9. The summed E-state index contributed by atoms with van der Waals surface area (Å²) in [5.74, 6) is -0.0563. The minimum absolute atomic E-state index is 0.0110. The summed E-state index contributed by atoms with van der Waals surface area (Å²) in [6, 6.07) is -0.624. The molecule has 0 saturated heterocycles. The summed E-state index contributed by atoms with van der Waals surface area (Å²) >= 11 is 0. The zero-order valence-electron chi connectivity index (χ0n) is 54.3. The van der Waals surface area contributed by atoms with E-state index in [1.807, 2.05) is 6.08 Å². The Balaban J connectivity index is 3.35. The Morgan fingerprint density at radius 2 is 0.617 bits per heavy atom. The molecule has 1 amide bonds. The molecule has 0 aromatic rings. The van der Waals surface area contributed by atoms with Crippen LogP contribution in [0.4, 0.5) is 0 Å². The molecular weight excluding hydrogens is 995 g/mol. The fraction of sp³-hybridized carbons (Fsp3) is 0.840. The molecule has 474 valence electrons. The van der Waals surface area contributed by atoms with Crippen molar-refractivity contribution in [2.24, 2.45) is 0 Å². The first kappa shape index (κ1) is 78.6. The zero-order chi connectivity index (χ0) is 58.5. The van der Waals surface area contributed by atoms with Gasteiger partial charge in [0.05, 0.1) is 25.4 Å². The van der Waals surface area contributed by atoms with Crippen molar-refractivity contribution in [1.29, 1.82) is 0 Å². The molecule has 0 aromatic heterocycles. The number of rotatable bonds is 67. The van der Waals surface area contributed by atoms with Gasteiger partial charge in [-0.1, -0.05) is 331 Å². The number of allylic oxidation sites excluding steroid dienone is 9. The van der Waals surface area contributed by atoms with Crippen LogP contribution in [0, 0.1) is 0 Å². The summed E-state index contributed by atoms with van der Waals surface area (Å²) < 4.78 is 5.50. The van der Waals surface area contributed by atoms with Gasteiger partial charge in [-0.2, -0.15) is 0 Å². The fourth-order valence-corrected chi connectivity index (χ4v) is 11.0. The predicted molar refractivity (Wildman–Crippen MR) is 356 cm³/mol. The van der Waals surface area contributed by atoms with Gasteiger partial charge >= 0.3 is 5.97 Å². The molecule has 0 fully saturated rings. The molecule has 3 N–H and O–H groups in total. The number of unbranched alkanes of at least 4 members (excludes halogenated alkanes) is 48. The lowest BCUT2D eigenvalue weighted by atomic mass is 10.0. The van der Waals surface area contributed by atoms with Crippen molar-refractivity contribution in [2.45, 2.75) is 392 Å². The molecular formula is C75H139NO5. The highest BCUT2D eigenvalue weighted by Crippen LogP contribution is 2.18. The van der Waals surface area contributed by atoms with Crippen LogP contribution in [0.3, 0.4) is 0 Å². The Morgan fingerprint density at radius 1 is 0.346 bits per heavy atom. The van der Waals surface area contributed by atoms with Crippen LogP contribution in [0.15, 0.2) is 60.8 Å². The molecule has 0 aliphatic heterocycles. The first-order valence-corrected chi connectivity index (χ1v) is 36.1. The molecule has 2 unspecified atom stereocenters. The third kappa shape index (κ3) is 66.6. The van der Waals surface area contributed by atoms with E-state index in [1.54, 1.807) is 6.08 Å². The molecule has 2 atom stereocenters. The van der Waals surface area contributed by atoms with Gasteiger partial charge in [-0.25, -0.2) is 0 Å². The highest BCUT2D eigenvalue weighted by atomic mass is 16.5. The van der Waals surface area contributed by atoms with Gasteiger partial charge in [-0.15, -0.1) is 0 Å². The molecule has 0 bridgehead atoms. The van der Waals surface area contributed by atoms with Gasteiger partial charge in [0.15, 0.2) is 0 Å². The number of ether oxygens (including phenoxy) is 1. The summed E-state index contributed by atoms with van der Waals surface area (Å²) in [6.45, 7) is 4.87. The molecule has 0 rings (SSSR count). The topological polar surface area (TPSA) is 95.9 Å². The van der Waals surface area contributed by atoms with E-state index in [2.05, 4.69) is 67.8 Å². The average molecular weight is 1130 g/mol. The first-order chi connectivity index (χ1) is 40.0. The Hall–Kier alpha value is -2.44. The highest BCUT2D eigenvalue weighted by Gasteiger charge is 2.18. The van der Waals surface area contributed by atoms with Crippen LogP contribution < -0.4 is 5.32 Å². The van der Waals surface area contributed by atoms with Crippen LogP contribution in [0.5, 0.6) is 0 Å². The van der Waals surface area contributed by atoms with Crippen LogP contribution in [-0.2, 0) is 14.3 Å². The standard InChI is InChI=1S/C75H139NO5/c1-3-5-7-9-11-13-14-15-16-17-40-43-46-49-53-57-61-65-69-75(80)81-70-66-62-58-54-50-47-44-41-38-36-34-32-30-28-26-24-22-20-18-19-21-23-25-27-29-31-33-35-37-39-42-45-48-52-56-60-64-68-74(79)76-72(71-77)73(78)67-63-59-55-51-12-10-8-6-4-2/h13-14,16-18,20,24,26,63,67,72-73,77-78H,3-12,15,19,21-23,25,27-62,64-66,68-71H2,1-2H3,(H,76,79)/b14-13-,17-16-,20-18-,26-24-,67-63+. The van der Waals surface area contributed by atoms with E-state index in [0.717, 1.165) is 57.8 Å². The van der Waals surface area contributed by atoms with Crippen molar-refractivity contribution in [2.75, 3.05) is 13.2 Å². The van der Waals surface area contributed by atoms with E-state index >= 15 is 0 Å². The molecule has 6 heteroatoms. The van der Waals surface area contributed by atoms with E-state index in [9.17, 15) is 19.8 Å². The number of hydrogen-bond acceptors (Lipinski definition) is 5. The summed E-state index contributed by atoms with van der Waals surface area (Å²) in [4.78, 5) is 24.5. The molecule has 0 aromatic carbocycles. The normalized spacial score (nSPS) is 12.9. The molecule has 0 saturated carbocycles.